The highest BCUT2D eigenvalue weighted by molar-refractivity contribution is 7.88. The maximum atomic E-state index is 12.5. The molecule has 7 heteroatoms. The molecular weight excluding hydrogens is 338 g/mol. The summed E-state index contributed by atoms with van der Waals surface area (Å²) in [6.07, 6.45) is 0.936. The van der Waals surface area contributed by atoms with Crippen LogP contribution in [0.4, 0.5) is 0 Å². The van der Waals surface area contributed by atoms with Crippen molar-refractivity contribution in [3.8, 4) is 0 Å². The fourth-order valence-electron chi connectivity index (χ4n) is 2.64. The zero-order chi connectivity index (χ0) is 18.5. The molecule has 1 aromatic rings. The minimum Gasteiger partial charge on any atom is -0.339 e. The van der Waals surface area contributed by atoms with Crippen molar-refractivity contribution >= 4 is 15.9 Å². The Morgan fingerprint density at radius 2 is 1.72 bits per heavy atom. The third kappa shape index (κ3) is 5.80. The molecular formula is C18H29N3O3S. The fourth-order valence-corrected chi connectivity index (χ4v) is 4.16. The smallest absolute Gasteiger partial charge is 0.236 e. The molecule has 1 heterocycles. The zero-order valence-electron chi connectivity index (χ0n) is 15.4. The molecule has 1 fully saturated rings. The van der Waals surface area contributed by atoms with Gasteiger partial charge in [0.05, 0.1) is 12.3 Å². The first-order chi connectivity index (χ1) is 11.7. The summed E-state index contributed by atoms with van der Waals surface area (Å²) >= 11 is 0. The number of piperazine rings is 1. The second-order valence-electron chi connectivity index (χ2n) is 7.11. The van der Waals surface area contributed by atoms with Crippen LogP contribution in [-0.4, -0.2) is 61.8 Å². The van der Waals surface area contributed by atoms with Crippen LogP contribution in [0.2, 0.25) is 0 Å². The maximum absolute atomic E-state index is 12.5. The van der Waals surface area contributed by atoms with E-state index >= 15 is 0 Å². The number of nitrogens with one attached hydrogen (secondary N) is 1. The van der Waals surface area contributed by atoms with Crippen molar-refractivity contribution in [2.45, 2.75) is 38.5 Å². The lowest BCUT2D eigenvalue weighted by molar-refractivity contribution is -0.131. The van der Waals surface area contributed by atoms with E-state index in [0.717, 1.165) is 12.0 Å². The Morgan fingerprint density at radius 3 is 2.28 bits per heavy atom. The molecule has 0 radical (unpaired) electrons. The van der Waals surface area contributed by atoms with E-state index in [2.05, 4.69) is 26.1 Å². The number of sulfonamides is 1. The molecule has 0 unspecified atom stereocenters. The van der Waals surface area contributed by atoms with E-state index in [-0.39, 0.29) is 23.7 Å². The van der Waals surface area contributed by atoms with E-state index in [9.17, 15) is 13.2 Å². The molecule has 1 N–H and O–H groups in total. The van der Waals surface area contributed by atoms with Gasteiger partial charge in [-0.1, -0.05) is 37.3 Å². The number of nitrogens with zero attached hydrogens (tertiary/aromatic N) is 2. The molecule has 1 aliphatic heterocycles. The van der Waals surface area contributed by atoms with Crippen LogP contribution in [0.25, 0.3) is 0 Å². The average Bonchev–Trinajstić information content (AvgIpc) is 2.60. The number of benzene rings is 1. The Balaban J connectivity index is 1.85. The molecule has 1 amide bonds. The van der Waals surface area contributed by atoms with E-state index in [1.54, 1.807) is 4.90 Å². The molecule has 0 aliphatic carbocycles. The molecule has 0 aromatic heterocycles. The monoisotopic (exact) mass is 367 g/mol. The predicted molar refractivity (Wildman–Crippen MR) is 99.6 cm³/mol. The third-order valence-electron chi connectivity index (χ3n) is 4.78. The zero-order valence-corrected chi connectivity index (χ0v) is 16.2. The topological polar surface area (TPSA) is 69.7 Å². The summed E-state index contributed by atoms with van der Waals surface area (Å²) in [4.78, 5) is 14.0. The van der Waals surface area contributed by atoms with Crippen LogP contribution in [0.3, 0.4) is 0 Å². The highest BCUT2D eigenvalue weighted by Gasteiger charge is 2.29. The molecule has 1 aliphatic rings. The van der Waals surface area contributed by atoms with Gasteiger partial charge in [0.2, 0.25) is 15.9 Å². The van der Waals surface area contributed by atoms with Crippen LogP contribution < -0.4 is 5.32 Å². The number of carbonyl (C=O) groups is 1. The first-order valence-corrected chi connectivity index (χ1v) is 10.4. The SMILES string of the molecule is CCC(C)(C)NCC(=O)N1CCN(S(=O)(=O)Cc2ccccc2)CC1. The normalized spacial score (nSPS) is 16.8. The molecule has 1 aromatic carbocycles. The van der Waals surface area contributed by atoms with Gasteiger partial charge in [-0.3, -0.25) is 4.79 Å². The molecule has 140 valence electrons. The summed E-state index contributed by atoms with van der Waals surface area (Å²) in [6.45, 7) is 8.10. The fraction of sp³-hybridized carbons (Fsp3) is 0.611. The first-order valence-electron chi connectivity index (χ1n) is 8.78. The molecule has 25 heavy (non-hydrogen) atoms. The van der Waals surface area contributed by atoms with Gasteiger partial charge in [-0.2, -0.15) is 4.31 Å². The molecule has 0 saturated carbocycles. The van der Waals surface area contributed by atoms with Gasteiger partial charge in [-0.15, -0.1) is 0 Å². The van der Waals surface area contributed by atoms with Gasteiger partial charge in [-0.05, 0) is 25.8 Å². The largest absolute Gasteiger partial charge is 0.339 e. The van der Waals surface area contributed by atoms with Crippen LogP contribution in [0.5, 0.6) is 0 Å². The number of carbonyl (C=O) groups excluding carboxylic acids is 1. The molecule has 0 bridgehead atoms. The van der Waals surface area contributed by atoms with Crippen molar-refractivity contribution in [1.29, 1.82) is 0 Å². The van der Waals surface area contributed by atoms with E-state index in [1.807, 2.05) is 30.3 Å². The lowest BCUT2D eigenvalue weighted by atomic mass is 10.0. The van der Waals surface area contributed by atoms with Gasteiger partial charge in [-0.25, -0.2) is 8.42 Å². The molecule has 1 saturated heterocycles. The molecule has 2 rings (SSSR count). The number of hydrogen-bond acceptors (Lipinski definition) is 4. The van der Waals surface area contributed by atoms with Gasteiger partial charge in [0.25, 0.3) is 0 Å². The Kier molecular flexibility index (Phi) is 6.59. The summed E-state index contributed by atoms with van der Waals surface area (Å²) in [5.74, 6) is 0.0373. The lowest BCUT2D eigenvalue weighted by Crippen LogP contribution is -2.53. The minimum absolute atomic E-state index is 0.00797. The van der Waals surface area contributed by atoms with Gasteiger partial charge in [0.15, 0.2) is 0 Å². The quantitative estimate of drug-likeness (QED) is 0.792. The second-order valence-corrected chi connectivity index (χ2v) is 9.08. The van der Waals surface area contributed by atoms with Crippen molar-refractivity contribution in [2.75, 3.05) is 32.7 Å². The number of amides is 1. The molecule has 0 spiro atoms. The van der Waals surface area contributed by atoms with Crippen molar-refractivity contribution in [3.05, 3.63) is 35.9 Å². The number of hydrogen-bond donors (Lipinski definition) is 1. The Bertz CT molecular complexity index is 666. The highest BCUT2D eigenvalue weighted by Crippen LogP contribution is 2.14. The highest BCUT2D eigenvalue weighted by atomic mass is 32.2. The average molecular weight is 368 g/mol. The molecule has 6 nitrogen and oxygen atoms in total. The predicted octanol–water partition coefficient (Wildman–Crippen LogP) is 1.44. The Morgan fingerprint density at radius 1 is 1.12 bits per heavy atom. The summed E-state index contributed by atoms with van der Waals surface area (Å²) in [6, 6.07) is 9.18. The minimum atomic E-state index is -3.35. The maximum Gasteiger partial charge on any atom is 0.236 e. The van der Waals surface area contributed by atoms with Crippen LogP contribution in [0.1, 0.15) is 32.8 Å². The van der Waals surface area contributed by atoms with Crippen molar-refractivity contribution < 1.29 is 13.2 Å². The van der Waals surface area contributed by atoms with E-state index < -0.39 is 10.0 Å². The summed E-state index contributed by atoms with van der Waals surface area (Å²) in [5.41, 5.74) is 0.711. The number of rotatable bonds is 7. The van der Waals surface area contributed by atoms with E-state index in [0.29, 0.717) is 26.2 Å². The van der Waals surface area contributed by atoms with Crippen molar-refractivity contribution in [2.24, 2.45) is 0 Å². The third-order valence-corrected chi connectivity index (χ3v) is 6.63. The van der Waals surface area contributed by atoms with Crippen LogP contribution >= 0.6 is 0 Å². The standard InChI is InChI=1S/C18H29N3O3S/c1-4-18(2,3)19-14-17(22)20-10-12-21(13-11-20)25(23,24)15-16-8-6-5-7-9-16/h5-9,19H,4,10-15H2,1-3H3. The van der Waals surface area contributed by atoms with Gasteiger partial charge >= 0.3 is 0 Å². The summed E-state index contributed by atoms with van der Waals surface area (Å²) < 4.78 is 26.6. The Hall–Kier alpha value is -1.44. The molecule has 0 atom stereocenters. The van der Waals surface area contributed by atoms with Gasteiger partial charge in [0.1, 0.15) is 0 Å². The first kappa shape index (κ1) is 19.9. The summed E-state index contributed by atoms with van der Waals surface area (Å²) in [7, 11) is -3.35. The summed E-state index contributed by atoms with van der Waals surface area (Å²) in [5, 5.41) is 3.26. The van der Waals surface area contributed by atoms with Gasteiger partial charge < -0.3 is 10.2 Å². The van der Waals surface area contributed by atoms with E-state index in [4.69, 9.17) is 0 Å². The van der Waals surface area contributed by atoms with Gasteiger partial charge in [0, 0.05) is 31.7 Å². The van der Waals surface area contributed by atoms with Crippen LogP contribution in [0, 0.1) is 0 Å². The second kappa shape index (κ2) is 8.29. The van der Waals surface area contributed by atoms with E-state index in [1.165, 1.54) is 4.31 Å². The van der Waals surface area contributed by atoms with Crippen LogP contribution in [0.15, 0.2) is 30.3 Å². The van der Waals surface area contributed by atoms with Crippen molar-refractivity contribution in [3.63, 3.8) is 0 Å². The van der Waals surface area contributed by atoms with Crippen LogP contribution in [-0.2, 0) is 20.6 Å². The Labute approximate surface area is 151 Å². The lowest BCUT2D eigenvalue weighted by Gasteiger charge is -2.35. The van der Waals surface area contributed by atoms with Crippen molar-refractivity contribution in [1.82, 2.24) is 14.5 Å².